The molecule has 0 N–H and O–H groups in total. The van der Waals surface area contributed by atoms with Crippen LogP contribution < -0.4 is 4.74 Å². The topological polar surface area (TPSA) is 26.3 Å². The van der Waals surface area contributed by atoms with Crippen LogP contribution in [0.1, 0.15) is 39.5 Å². The molecule has 0 amide bonds. The maximum atomic E-state index is 11.6. The fourth-order valence-electron chi connectivity index (χ4n) is 2.47. The largest absolute Gasteiger partial charge is 0.488 e. The number of Topliss-reactive ketones (excluding diaryl/α,β-unsaturated/α-hetero) is 1. The molecule has 0 radical (unpaired) electrons. The first-order valence-electron chi connectivity index (χ1n) is 6.78. The predicted octanol–water partition coefficient (Wildman–Crippen LogP) is 4.39. The van der Waals surface area contributed by atoms with Gasteiger partial charge >= 0.3 is 0 Å². The van der Waals surface area contributed by atoms with E-state index in [0.717, 1.165) is 0 Å². The summed E-state index contributed by atoms with van der Waals surface area (Å²) in [5, 5.41) is 0. The number of para-hydroxylation sites is 1. The molecule has 0 saturated heterocycles. The Hall–Kier alpha value is -2.09. The van der Waals surface area contributed by atoms with Crippen LogP contribution in [0.25, 0.3) is 0 Å². The Balaban J connectivity index is 2.24. The number of ether oxygens (including phenoxy) is 1. The van der Waals surface area contributed by atoms with Crippen molar-refractivity contribution >= 4 is 5.78 Å². The number of hydrogen-bond acceptors (Lipinski definition) is 2. The van der Waals surface area contributed by atoms with E-state index < -0.39 is 0 Å². The Bertz CT molecular complexity index is 619. The van der Waals surface area contributed by atoms with Crippen LogP contribution in [0.5, 0.6) is 5.75 Å². The number of hydrogen-bond donors (Lipinski definition) is 0. The lowest BCUT2D eigenvalue weighted by Gasteiger charge is -2.14. The van der Waals surface area contributed by atoms with Crippen LogP contribution in [0.2, 0.25) is 0 Å². The van der Waals surface area contributed by atoms with E-state index in [4.69, 9.17) is 4.74 Å². The van der Waals surface area contributed by atoms with Gasteiger partial charge < -0.3 is 4.74 Å². The zero-order valence-corrected chi connectivity index (χ0v) is 12.5. The van der Waals surface area contributed by atoms with Crippen LogP contribution in [-0.2, 0) is 6.61 Å². The zero-order valence-electron chi connectivity index (χ0n) is 12.5. The molecule has 0 aliphatic heterocycles. The molecule has 0 bridgehead atoms. The lowest BCUT2D eigenvalue weighted by Crippen LogP contribution is -2.04. The van der Waals surface area contributed by atoms with Crippen LogP contribution in [0.3, 0.4) is 0 Å². The Morgan fingerprint density at radius 2 is 1.65 bits per heavy atom. The number of aryl methyl sites for hydroxylation is 3. The van der Waals surface area contributed by atoms with Crippen LogP contribution in [-0.4, -0.2) is 5.78 Å². The van der Waals surface area contributed by atoms with Crippen molar-refractivity contribution in [1.29, 1.82) is 0 Å². The molecule has 0 aromatic heterocycles. The third kappa shape index (κ3) is 3.08. The van der Waals surface area contributed by atoms with Gasteiger partial charge in [0.05, 0.1) is 5.56 Å². The van der Waals surface area contributed by atoms with Gasteiger partial charge in [-0.1, -0.05) is 29.8 Å². The average Bonchev–Trinajstić information content (AvgIpc) is 2.37. The van der Waals surface area contributed by atoms with Gasteiger partial charge in [0.1, 0.15) is 12.4 Å². The van der Waals surface area contributed by atoms with Gasteiger partial charge in [0.2, 0.25) is 0 Å². The normalized spacial score (nSPS) is 10.4. The van der Waals surface area contributed by atoms with E-state index in [2.05, 4.69) is 32.9 Å². The molecule has 0 aliphatic carbocycles. The SMILES string of the molecule is CC(=O)c1ccccc1OCc1c(C)cc(C)cc1C. The molecule has 0 aliphatic rings. The second kappa shape index (κ2) is 5.91. The van der Waals surface area contributed by atoms with Gasteiger partial charge in [0.25, 0.3) is 0 Å². The highest BCUT2D eigenvalue weighted by atomic mass is 16.5. The maximum Gasteiger partial charge on any atom is 0.163 e. The Morgan fingerprint density at radius 1 is 1.05 bits per heavy atom. The van der Waals surface area contributed by atoms with Gasteiger partial charge in [0, 0.05) is 0 Å². The molecule has 0 spiro atoms. The predicted molar refractivity (Wildman–Crippen MR) is 81.4 cm³/mol. The van der Waals surface area contributed by atoms with Crippen molar-refractivity contribution in [2.75, 3.05) is 0 Å². The number of rotatable bonds is 4. The Kier molecular flexibility index (Phi) is 4.23. The first kappa shape index (κ1) is 14.3. The third-order valence-electron chi connectivity index (χ3n) is 3.48. The molecule has 2 aromatic rings. The van der Waals surface area contributed by atoms with E-state index >= 15 is 0 Å². The lowest BCUT2D eigenvalue weighted by atomic mass is 10.0. The summed E-state index contributed by atoms with van der Waals surface area (Å²) >= 11 is 0. The van der Waals surface area contributed by atoms with E-state index in [1.165, 1.54) is 22.3 Å². The second-order valence-electron chi connectivity index (χ2n) is 5.22. The number of ketones is 1. The van der Waals surface area contributed by atoms with Gasteiger partial charge in [-0.05, 0) is 56.5 Å². The first-order valence-corrected chi connectivity index (χ1v) is 6.78. The molecule has 2 rings (SSSR count). The molecule has 0 unspecified atom stereocenters. The van der Waals surface area contributed by atoms with E-state index in [1.54, 1.807) is 13.0 Å². The molecule has 0 saturated carbocycles. The zero-order chi connectivity index (χ0) is 14.7. The van der Waals surface area contributed by atoms with Gasteiger partial charge in [-0.3, -0.25) is 4.79 Å². The summed E-state index contributed by atoms with van der Waals surface area (Å²) in [4.78, 5) is 11.6. The van der Waals surface area contributed by atoms with Crippen LogP contribution >= 0.6 is 0 Å². The summed E-state index contributed by atoms with van der Waals surface area (Å²) < 4.78 is 5.87. The second-order valence-corrected chi connectivity index (χ2v) is 5.22. The molecule has 0 atom stereocenters. The van der Waals surface area contributed by atoms with Crippen molar-refractivity contribution in [3.05, 3.63) is 64.2 Å². The summed E-state index contributed by atoms with van der Waals surface area (Å²) in [5.41, 5.74) is 5.53. The van der Waals surface area contributed by atoms with Crippen molar-refractivity contribution in [2.45, 2.75) is 34.3 Å². The van der Waals surface area contributed by atoms with Crippen molar-refractivity contribution in [2.24, 2.45) is 0 Å². The number of carbonyl (C=O) groups excluding carboxylic acids is 1. The van der Waals surface area contributed by atoms with Crippen molar-refractivity contribution in [1.82, 2.24) is 0 Å². The molecule has 0 fully saturated rings. The lowest BCUT2D eigenvalue weighted by molar-refractivity contribution is 0.101. The highest BCUT2D eigenvalue weighted by Crippen LogP contribution is 2.22. The summed E-state index contributed by atoms with van der Waals surface area (Å²) in [6.07, 6.45) is 0. The van der Waals surface area contributed by atoms with Gasteiger partial charge in [0.15, 0.2) is 5.78 Å². The minimum Gasteiger partial charge on any atom is -0.488 e. The first-order chi connectivity index (χ1) is 9.49. The fraction of sp³-hybridized carbons (Fsp3) is 0.278. The molecule has 2 heteroatoms. The molecule has 2 aromatic carbocycles. The van der Waals surface area contributed by atoms with Crippen LogP contribution in [0.15, 0.2) is 36.4 Å². The minimum absolute atomic E-state index is 0.0259. The molecule has 20 heavy (non-hydrogen) atoms. The summed E-state index contributed by atoms with van der Waals surface area (Å²) in [6.45, 7) is 8.33. The Labute approximate surface area is 120 Å². The highest BCUT2D eigenvalue weighted by Gasteiger charge is 2.09. The molecule has 104 valence electrons. The van der Waals surface area contributed by atoms with Crippen LogP contribution in [0.4, 0.5) is 0 Å². The highest BCUT2D eigenvalue weighted by molar-refractivity contribution is 5.96. The van der Waals surface area contributed by atoms with Crippen molar-refractivity contribution in [3.8, 4) is 5.75 Å². The van der Waals surface area contributed by atoms with E-state index in [1.807, 2.05) is 18.2 Å². The molecule has 0 heterocycles. The van der Waals surface area contributed by atoms with Crippen molar-refractivity contribution < 1.29 is 9.53 Å². The summed E-state index contributed by atoms with van der Waals surface area (Å²) in [5.74, 6) is 0.678. The van der Waals surface area contributed by atoms with Crippen molar-refractivity contribution in [3.63, 3.8) is 0 Å². The Morgan fingerprint density at radius 3 is 2.25 bits per heavy atom. The summed E-state index contributed by atoms with van der Waals surface area (Å²) in [6, 6.07) is 11.7. The number of benzene rings is 2. The third-order valence-corrected chi connectivity index (χ3v) is 3.48. The smallest absolute Gasteiger partial charge is 0.163 e. The van der Waals surface area contributed by atoms with E-state index in [9.17, 15) is 4.79 Å². The standard InChI is InChI=1S/C18H20O2/c1-12-9-13(2)17(14(3)10-12)11-20-18-8-6-5-7-16(18)15(4)19/h5-10H,11H2,1-4H3. The van der Waals surface area contributed by atoms with E-state index in [0.29, 0.717) is 17.9 Å². The van der Waals surface area contributed by atoms with Crippen LogP contribution in [0, 0.1) is 20.8 Å². The molecular formula is C18H20O2. The van der Waals surface area contributed by atoms with Gasteiger partial charge in [-0.15, -0.1) is 0 Å². The van der Waals surface area contributed by atoms with Gasteiger partial charge in [-0.2, -0.15) is 0 Å². The monoisotopic (exact) mass is 268 g/mol. The minimum atomic E-state index is 0.0259. The molecule has 2 nitrogen and oxygen atoms in total. The molecular weight excluding hydrogens is 248 g/mol. The average molecular weight is 268 g/mol. The number of carbonyl (C=O) groups is 1. The quantitative estimate of drug-likeness (QED) is 0.768. The van der Waals surface area contributed by atoms with Gasteiger partial charge in [-0.25, -0.2) is 0 Å². The van der Waals surface area contributed by atoms with E-state index in [-0.39, 0.29) is 5.78 Å². The summed E-state index contributed by atoms with van der Waals surface area (Å²) in [7, 11) is 0. The fourth-order valence-corrected chi connectivity index (χ4v) is 2.47. The maximum absolute atomic E-state index is 11.6.